The summed E-state index contributed by atoms with van der Waals surface area (Å²) in [5.74, 6) is 0. The molecule has 0 aromatic rings. The highest BCUT2D eigenvalue weighted by molar-refractivity contribution is 5.29. The number of hydrogen-bond donors (Lipinski definition) is 3. The number of morpholine rings is 1. The predicted octanol–water partition coefficient (Wildman–Crippen LogP) is 0.950. The lowest BCUT2D eigenvalue weighted by Gasteiger charge is -2.10. The Balaban J connectivity index is 0. The number of nitrogens with one attached hydrogen (secondary N) is 3. The van der Waals surface area contributed by atoms with E-state index in [0.717, 1.165) is 26.3 Å². The summed E-state index contributed by atoms with van der Waals surface area (Å²) in [4.78, 5) is 0. The van der Waals surface area contributed by atoms with Gasteiger partial charge < -0.3 is 10.1 Å². The maximum atomic E-state index is 5.62. The van der Waals surface area contributed by atoms with Gasteiger partial charge >= 0.3 is 0 Å². The molecule has 1 fully saturated rings. The highest BCUT2D eigenvalue weighted by atomic mass is 16.5. The van der Waals surface area contributed by atoms with Crippen molar-refractivity contribution in [1.29, 1.82) is 10.8 Å². The van der Waals surface area contributed by atoms with E-state index in [2.05, 4.69) is 5.32 Å². The molecule has 1 aliphatic rings. The van der Waals surface area contributed by atoms with Crippen LogP contribution in [0.3, 0.4) is 0 Å². The van der Waals surface area contributed by atoms with Crippen LogP contribution in [0.1, 0.15) is 13.8 Å². The maximum absolute atomic E-state index is 5.62. The Morgan fingerprint density at radius 3 is 1.64 bits per heavy atom. The lowest BCUT2D eigenvalue weighted by Crippen LogP contribution is -2.30. The molecule has 0 aliphatic carbocycles. The molecule has 1 aliphatic heterocycles. The summed E-state index contributed by atoms with van der Waals surface area (Å²) >= 11 is 0. The van der Waals surface area contributed by atoms with Gasteiger partial charge in [0, 0.05) is 13.1 Å². The van der Waals surface area contributed by atoms with Gasteiger partial charge in [0.25, 0.3) is 0 Å². The fourth-order valence-corrected chi connectivity index (χ4v) is 0.516. The Kier molecular flexibility index (Phi) is 19.0. The minimum Gasteiger partial charge on any atom is -0.379 e. The third-order valence-corrected chi connectivity index (χ3v) is 0.846. The van der Waals surface area contributed by atoms with Gasteiger partial charge in [-0.25, -0.2) is 10.8 Å². The molecular formula is C7H17N3O. The average molecular weight is 159 g/mol. The van der Waals surface area contributed by atoms with E-state index >= 15 is 0 Å². The smallest absolute Gasteiger partial charge is 0.0831 e. The molecule has 4 nitrogen and oxygen atoms in total. The van der Waals surface area contributed by atoms with Crippen LogP contribution >= 0.6 is 0 Å². The van der Waals surface area contributed by atoms with Crippen LogP contribution in [0.25, 0.3) is 0 Å². The Hall–Kier alpha value is -0.700. The Bertz CT molecular complexity index is 74.2. The molecule has 0 aromatic heterocycles. The normalized spacial score (nSPS) is 14.4. The van der Waals surface area contributed by atoms with Crippen LogP contribution in [0, 0.1) is 10.8 Å². The first-order valence-corrected chi connectivity index (χ1v) is 3.78. The lowest BCUT2D eigenvalue weighted by molar-refractivity contribution is 0.109. The molecule has 1 saturated heterocycles. The Morgan fingerprint density at radius 1 is 1.18 bits per heavy atom. The lowest BCUT2D eigenvalue weighted by atomic mass is 10.5. The van der Waals surface area contributed by atoms with E-state index in [1.165, 1.54) is 6.01 Å². The van der Waals surface area contributed by atoms with Crippen LogP contribution in [0.2, 0.25) is 0 Å². The highest BCUT2D eigenvalue weighted by Gasteiger charge is 1.92. The largest absolute Gasteiger partial charge is 0.379 e. The molecule has 0 bridgehead atoms. The van der Waals surface area contributed by atoms with E-state index < -0.39 is 0 Å². The van der Waals surface area contributed by atoms with Crippen LogP contribution < -0.4 is 5.32 Å². The number of rotatable bonds is 0. The van der Waals surface area contributed by atoms with E-state index in [1.807, 2.05) is 13.8 Å². The first kappa shape index (κ1) is 12.9. The molecule has 4 heteroatoms. The molecule has 3 N–H and O–H groups in total. The summed E-state index contributed by atoms with van der Waals surface area (Å²) in [6, 6.07) is 1.25. The summed E-state index contributed by atoms with van der Waals surface area (Å²) in [5.41, 5.74) is 0. The van der Waals surface area contributed by atoms with Crippen molar-refractivity contribution in [3.63, 3.8) is 0 Å². The topological polar surface area (TPSA) is 69.0 Å². The molecule has 0 radical (unpaired) electrons. The number of hydrogen-bond acceptors (Lipinski definition) is 4. The van der Waals surface area contributed by atoms with Crippen molar-refractivity contribution >= 4 is 6.01 Å². The Labute approximate surface area is 68.0 Å². The van der Waals surface area contributed by atoms with Crippen LogP contribution in [-0.2, 0) is 4.74 Å². The molecule has 11 heavy (non-hydrogen) atoms. The van der Waals surface area contributed by atoms with Gasteiger partial charge in [-0.2, -0.15) is 0 Å². The van der Waals surface area contributed by atoms with Gasteiger partial charge in [-0.15, -0.1) is 0 Å². The van der Waals surface area contributed by atoms with Crippen LogP contribution in [0.15, 0.2) is 0 Å². The van der Waals surface area contributed by atoms with Gasteiger partial charge in [0.2, 0.25) is 0 Å². The molecule has 0 aromatic carbocycles. The van der Waals surface area contributed by atoms with E-state index in [0.29, 0.717) is 0 Å². The van der Waals surface area contributed by atoms with Crippen molar-refractivity contribution in [2.24, 2.45) is 0 Å². The zero-order valence-corrected chi connectivity index (χ0v) is 7.24. The van der Waals surface area contributed by atoms with Crippen molar-refractivity contribution in [3.8, 4) is 0 Å². The van der Waals surface area contributed by atoms with Crippen molar-refractivity contribution in [3.05, 3.63) is 0 Å². The molecular weight excluding hydrogens is 142 g/mol. The standard InChI is InChI=1S/C4H9NO.C2H6.CH2N2/c1-3-6-4-2-5-1;1-2;2-1-3/h5H,1-4H2;1-2H3;2-3H. The fourth-order valence-electron chi connectivity index (χ4n) is 0.516. The van der Waals surface area contributed by atoms with Crippen molar-refractivity contribution in [2.45, 2.75) is 13.8 Å². The first-order valence-electron chi connectivity index (χ1n) is 3.78. The van der Waals surface area contributed by atoms with Gasteiger partial charge in [-0.1, -0.05) is 13.8 Å². The predicted molar refractivity (Wildman–Crippen MR) is 45.5 cm³/mol. The molecule has 1 rings (SSSR count). The van der Waals surface area contributed by atoms with E-state index in [-0.39, 0.29) is 0 Å². The molecule has 0 saturated carbocycles. The van der Waals surface area contributed by atoms with Crippen molar-refractivity contribution in [2.75, 3.05) is 26.3 Å². The van der Waals surface area contributed by atoms with Crippen LogP contribution in [-0.4, -0.2) is 32.3 Å². The van der Waals surface area contributed by atoms with Gasteiger partial charge in [0.1, 0.15) is 0 Å². The van der Waals surface area contributed by atoms with Gasteiger partial charge in [0.15, 0.2) is 0 Å². The summed E-state index contributed by atoms with van der Waals surface area (Å²) in [7, 11) is 0. The third-order valence-electron chi connectivity index (χ3n) is 0.846. The van der Waals surface area contributed by atoms with Crippen molar-refractivity contribution in [1.82, 2.24) is 5.32 Å². The van der Waals surface area contributed by atoms with Crippen molar-refractivity contribution < 1.29 is 4.74 Å². The first-order chi connectivity index (χ1) is 5.41. The second-order valence-electron chi connectivity index (χ2n) is 1.49. The van der Waals surface area contributed by atoms with Crippen LogP contribution in [0.5, 0.6) is 0 Å². The molecule has 0 atom stereocenters. The molecule has 0 amide bonds. The van der Waals surface area contributed by atoms with Crippen LogP contribution in [0.4, 0.5) is 0 Å². The molecule has 0 unspecified atom stereocenters. The monoisotopic (exact) mass is 159 g/mol. The number of ether oxygens (including phenoxy) is 1. The second kappa shape index (κ2) is 16.1. The van der Waals surface area contributed by atoms with E-state index in [1.54, 1.807) is 0 Å². The maximum Gasteiger partial charge on any atom is 0.0831 e. The van der Waals surface area contributed by atoms with Gasteiger partial charge in [-0.3, -0.25) is 0 Å². The summed E-state index contributed by atoms with van der Waals surface area (Å²) in [5, 5.41) is 14.4. The van der Waals surface area contributed by atoms with E-state index in [4.69, 9.17) is 15.6 Å². The molecule has 66 valence electrons. The third kappa shape index (κ3) is 17.6. The van der Waals surface area contributed by atoms with Gasteiger partial charge in [-0.05, 0) is 0 Å². The SMILES string of the molecule is C1COCCN1.CC.N=C=N. The quantitative estimate of drug-likeness (QED) is 0.460. The Morgan fingerprint density at radius 2 is 1.55 bits per heavy atom. The fraction of sp³-hybridized carbons (Fsp3) is 0.857. The summed E-state index contributed by atoms with van der Waals surface area (Å²) < 4.78 is 5.01. The zero-order valence-electron chi connectivity index (χ0n) is 7.24. The molecule has 1 heterocycles. The minimum absolute atomic E-state index is 0.889. The summed E-state index contributed by atoms with van der Waals surface area (Å²) in [6.07, 6.45) is 0. The molecule has 0 spiro atoms. The summed E-state index contributed by atoms with van der Waals surface area (Å²) in [6.45, 7) is 7.83. The average Bonchev–Trinajstić information content (AvgIpc) is 2.12. The van der Waals surface area contributed by atoms with E-state index in [9.17, 15) is 0 Å². The zero-order chi connectivity index (χ0) is 8.95. The van der Waals surface area contributed by atoms with Gasteiger partial charge in [0.05, 0.1) is 19.2 Å². The highest BCUT2D eigenvalue weighted by Crippen LogP contribution is 1.76. The second-order valence-corrected chi connectivity index (χ2v) is 1.49. The minimum atomic E-state index is 0.889.